The first-order chi connectivity index (χ1) is 7.25. The van der Waals surface area contributed by atoms with Crippen molar-refractivity contribution in [3.8, 4) is 0 Å². The van der Waals surface area contributed by atoms with Crippen molar-refractivity contribution in [3.63, 3.8) is 0 Å². The minimum atomic E-state index is 0.627. The van der Waals surface area contributed by atoms with Gasteiger partial charge in [-0.1, -0.05) is 16.8 Å². The predicted molar refractivity (Wildman–Crippen MR) is 59.7 cm³/mol. The first-order valence-electron chi connectivity index (χ1n) is 4.19. The van der Waals surface area contributed by atoms with Gasteiger partial charge in [0.05, 0.1) is 5.75 Å². The zero-order valence-corrected chi connectivity index (χ0v) is 9.26. The molecule has 2 N–H and O–H groups in total. The maximum Gasteiger partial charge on any atom is 0.213 e. The molecule has 0 aliphatic carbocycles. The Morgan fingerprint density at radius 2 is 2.33 bits per heavy atom. The minimum Gasteiger partial charge on any atom is -0.398 e. The number of nitrogens with two attached hydrogens (primary N) is 1. The van der Waals surface area contributed by atoms with E-state index in [9.17, 15) is 0 Å². The van der Waals surface area contributed by atoms with Gasteiger partial charge >= 0.3 is 0 Å². The van der Waals surface area contributed by atoms with Crippen molar-refractivity contribution in [2.45, 2.75) is 10.6 Å². The Labute approximate surface area is 95.8 Å². The van der Waals surface area contributed by atoms with E-state index >= 15 is 0 Å². The molecule has 0 amide bonds. The van der Waals surface area contributed by atoms with E-state index in [2.05, 4.69) is 14.7 Å². The second-order valence-corrected chi connectivity index (χ2v) is 4.27. The van der Waals surface area contributed by atoms with Gasteiger partial charge in [0.1, 0.15) is 0 Å². The Bertz CT molecular complexity index is 447. The van der Waals surface area contributed by atoms with Crippen molar-refractivity contribution in [3.05, 3.63) is 35.4 Å². The Morgan fingerprint density at radius 1 is 1.47 bits per heavy atom. The van der Waals surface area contributed by atoms with Gasteiger partial charge in [0.2, 0.25) is 6.39 Å². The maximum atomic E-state index is 5.79. The van der Waals surface area contributed by atoms with Crippen LogP contribution in [0.2, 0.25) is 5.02 Å². The van der Waals surface area contributed by atoms with Crippen LogP contribution in [0.4, 0.5) is 5.69 Å². The molecule has 0 aliphatic heterocycles. The van der Waals surface area contributed by atoms with E-state index in [1.807, 2.05) is 6.07 Å². The molecule has 0 atom stereocenters. The molecule has 0 fully saturated rings. The Balaban J connectivity index is 2.05. The van der Waals surface area contributed by atoms with E-state index in [-0.39, 0.29) is 0 Å². The number of thioether (sulfide) groups is 1. The lowest BCUT2D eigenvalue weighted by Crippen LogP contribution is -1.89. The number of rotatable bonds is 3. The summed E-state index contributed by atoms with van der Waals surface area (Å²) in [7, 11) is 0. The molecule has 78 valence electrons. The zero-order valence-electron chi connectivity index (χ0n) is 7.68. The summed E-state index contributed by atoms with van der Waals surface area (Å²) in [6.07, 6.45) is 1.31. The second-order valence-electron chi connectivity index (χ2n) is 2.82. The highest BCUT2D eigenvalue weighted by molar-refractivity contribution is 7.98. The van der Waals surface area contributed by atoms with Crippen molar-refractivity contribution in [2.24, 2.45) is 0 Å². The molecule has 0 saturated carbocycles. The summed E-state index contributed by atoms with van der Waals surface area (Å²) in [5.41, 5.74) is 6.45. The molecule has 15 heavy (non-hydrogen) atoms. The summed E-state index contributed by atoms with van der Waals surface area (Å²) in [6, 6.07) is 5.40. The third kappa shape index (κ3) is 2.64. The van der Waals surface area contributed by atoms with Gasteiger partial charge in [-0.2, -0.15) is 4.98 Å². The van der Waals surface area contributed by atoms with E-state index < -0.39 is 0 Å². The van der Waals surface area contributed by atoms with Gasteiger partial charge in [-0.05, 0) is 18.2 Å². The summed E-state index contributed by atoms with van der Waals surface area (Å²) in [6.45, 7) is 0. The van der Waals surface area contributed by atoms with Crippen molar-refractivity contribution in [1.29, 1.82) is 0 Å². The second kappa shape index (κ2) is 4.55. The average molecular weight is 242 g/mol. The molecule has 0 aliphatic rings. The quantitative estimate of drug-likeness (QED) is 0.661. The van der Waals surface area contributed by atoms with Gasteiger partial charge in [-0.3, -0.25) is 0 Å². The van der Waals surface area contributed by atoms with Crippen LogP contribution < -0.4 is 5.73 Å². The zero-order chi connectivity index (χ0) is 10.7. The fourth-order valence-electron chi connectivity index (χ4n) is 1.05. The number of anilines is 1. The molecule has 2 aromatic rings. The molecule has 6 heteroatoms. The molecule has 0 bridgehead atoms. The smallest absolute Gasteiger partial charge is 0.213 e. The number of nitrogens with zero attached hydrogens (tertiary/aromatic N) is 2. The molecule has 0 radical (unpaired) electrons. The lowest BCUT2D eigenvalue weighted by atomic mass is 10.3. The molecule has 1 heterocycles. The average Bonchev–Trinajstić information content (AvgIpc) is 2.69. The molecule has 0 spiro atoms. The molecule has 0 unspecified atom stereocenters. The maximum absolute atomic E-state index is 5.79. The molecule has 1 aromatic carbocycles. The summed E-state index contributed by atoms with van der Waals surface area (Å²) < 4.78 is 4.63. The number of halogens is 1. The molecular formula is C9H8ClN3OS. The summed E-state index contributed by atoms with van der Waals surface area (Å²) in [5.74, 6) is 1.27. The normalized spacial score (nSPS) is 10.5. The van der Waals surface area contributed by atoms with Crippen LogP contribution in [0.3, 0.4) is 0 Å². The fourth-order valence-corrected chi connectivity index (χ4v) is 2.03. The summed E-state index contributed by atoms with van der Waals surface area (Å²) >= 11 is 7.33. The Morgan fingerprint density at radius 3 is 3.00 bits per heavy atom. The van der Waals surface area contributed by atoms with Crippen LogP contribution in [-0.4, -0.2) is 10.1 Å². The summed E-state index contributed by atoms with van der Waals surface area (Å²) in [5, 5.41) is 4.34. The largest absolute Gasteiger partial charge is 0.398 e. The highest BCUT2D eigenvalue weighted by Crippen LogP contribution is 2.29. The third-order valence-electron chi connectivity index (χ3n) is 1.74. The van der Waals surface area contributed by atoms with E-state index in [4.69, 9.17) is 17.3 Å². The first kappa shape index (κ1) is 10.3. The highest BCUT2D eigenvalue weighted by Gasteiger charge is 2.03. The molecular weight excluding hydrogens is 234 g/mol. The van der Waals surface area contributed by atoms with Crippen LogP contribution in [0.25, 0.3) is 0 Å². The topological polar surface area (TPSA) is 64.9 Å². The number of aromatic nitrogens is 2. The third-order valence-corrected chi connectivity index (χ3v) is 3.06. The van der Waals surface area contributed by atoms with Gasteiger partial charge in [0.25, 0.3) is 0 Å². The van der Waals surface area contributed by atoms with Gasteiger partial charge in [-0.15, -0.1) is 11.8 Å². The Kier molecular flexibility index (Phi) is 3.13. The molecule has 1 aromatic heterocycles. The van der Waals surface area contributed by atoms with Crippen molar-refractivity contribution in [2.75, 3.05) is 5.73 Å². The molecule has 2 rings (SSSR count). The van der Waals surface area contributed by atoms with Gasteiger partial charge in [0, 0.05) is 15.6 Å². The van der Waals surface area contributed by atoms with Gasteiger partial charge < -0.3 is 10.3 Å². The fraction of sp³-hybridized carbons (Fsp3) is 0.111. The number of nitrogen functional groups attached to an aromatic ring is 1. The monoisotopic (exact) mass is 241 g/mol. The minimum absolute atomic E-state index is 0.627. The van der Waals surface area contributed by atoms with Crippen LogP contribution in [0.15, 0.2) is 34.0 Å². The van der Waals surface area contributed by atoms with Crippen LogP contribution >= 0.6 is 23.4 Å². The highest BCUT2D eigenvalue weighted by atomic mass is 35.5. The van der Waals surface area contributed by atoms with Crippen molar-refractivity contribution < 1.29 is 4.52 Å². The van der Waals surface area contributed by atoms with Crippen LogP contribution in [0.5, 0.6) is 0 Å². The standard InChI is InChI=1S/C9H8ClN3OS/c10-6-1-2-8(7(11)3-6)15-4-9-12-5-14-13-9/h1-3,5H,4,11H2. The van der Waals surface area contributed by atoms with E-state index in [1.165, 1.54) is 6.39 Å². The van der Waals surface area contributed by atoms with E-state index in [1.54, 1.807) is 23.9 Å². The van der Waals surface area contributed by atoms with Crippen molar-refractivity contribution >= 4 is 29.1 Å². The number of benzene rings is 1. The summed E-state index contributed by atoms with van der Waals surface area (Å²) in [4.78, 5) is 4.88. The van der Waals surface area contributed by atoms with Gasteiger partial charge in [-0.25, -0.2) is 0 Å². The lowest BCUT2D eigenvalue weighted by molar-refractivity contribution is 0.412. The van der Waals surface area contributed by atoms with Crippen LogP contribution in [0, 0.1) is 0 Å². The lowest BCUT2D eigenvalue weighted by Gasteiger charge is -2.03. The van der Waals surface area contributed by atoms with E-state index in [0.717, 1.165) is 4.90 Å². The predicted octanol–water partition coefficient (Wildman–Crippen LogP) is 2.60. The van der Waals surface area contributed by atoms with Crippen LogP contribution in [-0.2, 0) is 5.75 Å². The molecule has 4 nitrogen and oxygen atoms in total. The van der Waals surface area contributed by atoms with E-state index in [0.29, 0.717) is 22.3 Å². The van der Waals surface area contributed by atoms with Crippen LogP contribution in [0.1, 0.15) is 5.82 Å². The number of hydrogen-bond donors (Lipinski definition) is 1. The van der Waals surface area contributed by atoms with Crippen molar-refractivity contribution in [1.82, 2.24) is 10.1 Å². The first-order valence-corrected chi connectivity index (χ1v) is 5.55. The number of hydrogen-bond acceptors (Lipinski definition) is 5. The Hall–Kier alpha value is -1.20. The van der Waals surface area contributed by atoms with Gasteiger partial charge in [0.15, 0.2) is 5.82 Å². The molecule has 0 saturated heterocycles. The SMILES string of the molecule is Nc1cc(Cl)ccc1SCc1ncon1.